The van der Waals surface area contributed by atoms with E-state index in [1.165, 1.54) is 6.42 Å². The quantitative estimate of drug-likeness (QED) is 0.836. The number of fused-ring (bicyclic) bond motifs is 1. The van der Waals surface area contributed by atoms with E-state index in [1.807, 2.05) is 21.9 Å². The minimum Gasteiger partial charge on any atom is -0.478 e. The van der Waals surface area contributed by atoms with Gasteiger partial charge in [-0.05, 0) is 31.4 Å². The first kappa shape index (κ1) is 18.6. The van der Waals surface area contributed by atoms with Crippen molar-refractivity contribution in [2.75, 3.05) is 44.6 Å². The molecule has 1 aromatic rings. The van der Waals surface area contributed by atoms with Crippen LogP contribution in [0.25, 0.3) is 0 Å². The maximum absolute atomic E-state index is 12.7. The van der Waals surface area contributed by atoms with Crippen molar-refractivity contribution in [2.24, 2.45) is 0 Å². The van der Waals surface area contributed by atoms with Crippen LogP contribution >= 0.6 is 0 Å². The molecule has 28 heavy (non-hydrogen) atoms. The molecular formula is C20H26N4O4. The van der Waals surface area contributed by atoms with E-state index < -0.39 is 6.10 Å². The van der Waals surface area contributed by atoms with Crippen LogP contribution in [0.15, 0.2) is 24.3 Å². The van der Waals surface area contributed by atoms with E-state index in [0.29, 0.717) is 37.6 Å². The number of piperidine rings is 1. The van der Waals surface area contributed by atoms with Crippen molar-refractivity contribution >= 4 is 23.5 Å². The Hall–Kier alpha value is -2.77. The van der Waals surface area contributed by atoms with Crippen molar-refractivity contribution in [3.8, 4) is 5.75 Å². The first-order valence-electron chi connectivity index (χ1n) is 10.00. The molecule has 0 aromatic heterocycles. The monoisotopic (exact) mass is 386 g/mol. The maximum Gasteiger partial charge on any atom is 0.320 e. The van der Waals surface area contributed by atoms with Crippen LogP contribution in [0.1, 0.15) is 25.7 Å². The first-order valence-corrected chi connectivity index (χ1v) is 10.00. The second-order valence-electron chi connectivity index (χ2n) is 7.49. The minimum atomic E-state index is -0.824. The first-order chi connectivity index (χ1) is 13.6. The largest absolute Gasteiger partial charge is 0.478 e. The number of piperazine rings is 1. The molecule has 0 spiro atoms. The van der Waals surface area contributed by atoms with Crippen LogP contribution in [-0.4, -0.2) is 77.9 Å². The predicted octanol–water partition coefficient (Wildman–Crippen LogP) is 1.53. The average Bonchev–Trinajstić information content (AvgIpc) is 2.74. The van der Waals surface area contributed by atoms with Gasteiger partial charge in [-0.3, -0.25) is 9.59 Å². The lowest BCUT2D eigenvalue weighted by molar-refractivity contribution is -0.138. The third kappa shape index (κ3) is 3.90. The number of para-hydroxylation sites is 2. The van der Waals surface area contributed by atoms with Crippen molar-refractivity contribution in [1.82, 2.24) is 14.7 Å². The smallest absolute Gasteiger partial charge is 0.320 e. The maximum atomic E-state index is 12.7. The van der Waals surface area contributed by atoms with Gasteiger partial charge in [0.15, 0.2) is 6.10 Å². The summed E-state index contributed by atoms with van der Waals surface area (Å²) in [6, 6.07) is 7.27. The lowest BCUT2D eigenvalue weighted by atomic mass is 10.1. The van der Waals surface area contributed by atoms with E-state index >= 15 is 0 Å². The molecule has 1 aromatic carbocycles. The van der Waals surface area contributed by atoms with Crippen molar-refractivity contribution in [3.63, 3.8) is 0 Å². The second-order valence-corrected chi connectivity index (χ2v) is 7.49. The minimum absolute atomic E-state index is 0.000237. The average molecular weight is 386 g/mol. The summed E-state index contributed by atoms with van der Waals surface area (Å²) in [6.07, 6.45) is 2.50. The van der Waals surface area contributed by atoms with Gasteiger partial charge in [0.05, 0.1) is 12.1 Å². The summed E-state index contributed by atoms with van der Waals surface area (Å²) >= 11 is 0. The number of anilines is 1. The number of carbonyl (C=O) groups is 3. The van der Waals surface area contributed by atoms with Crippen LogP contribution in [0.4, 0.5) is 10.5 Å². The molecule has 2 saturated heterocycles. The van der Waals surface area contributed by atoms with Gasteiger partial charge in [-0.1, -0.05) is 12.1 Å². The standard InChI is InChI=1S/C20H26N4O4/c25-18(14-17-19(26)21-15-6-2-3-7-16(15)28-17)22-10-12-24(13-11-22)20(27)23-8-4-1-5-9-23/h2-3,6-7,17H,1,4-5,8-14H2,(H,21,26). The Morgan fingerprint density at radius 1 is 0.929 bits per heavy atom. The molecule has 8 nitrogen and oxygen atoms in total. The van der Waals surface area contributed by atoms with E-state index in [2.05, 4.69) is 5.32 Å². The van der Waals surface area contributed by atoms with Crippen molar-refractivity contribution in [3.05, 3.63) is 24.3 Å². The molecule has 4 rings (SSSR count). The third-order valence-corrected chi connectivity index (χ3v) is 5.60. The Balaban J connectivity index is 1.28. The molecule has 1 N–H and O–H groups in total. The topological polar surface area (TPSA) is 82.2 Å². The van der Waals surface area contributed by atoms with Gasteiger partial charge in [-0.25, -0.2) is 4.79 Å². The van der Waals surface area contributed by atoms with Crippen LogP contribution in [0.5, 0.6) is 5.75 Å². The molecule has 4 amide bonds. The fourth-order valence-electron chi connectivity index (χ4n) is 3.95. The summed E-state index contributed by atoms with van der Waals surface area (Å²) in [5.74, 6) is 0.160. The molecule has 150 valence electrons. The molecule has 0 radical (unpaired) electrons. The lowest BCUT2D eigenvalue weighted by Crippen LogP contribution is -2.55. The van der Waals surface area contributed by atoms with Crippen LogP contribution in [-0.2, 0) is 9.59 Å². The Bertz CT molecular complexity index is 754. The van der Waals surface area contributed by atoms with Gasteiger partial charge < -0.3 is 24.8 Å². The fraction of sp³-hybridized carbons (Fsp3) is 0.550. The number of hydrogen-bond acceptors (Lipinski definition) is 4. The van der Waals surface area contributed by atoms with Crippen LogP contribution < -0.4 is 10.1 Å². The highest BCUT2D eigenvalue weighted by atomic mass is 16.5. The fourth-order valence-corrected chi connectivity index (χ4v) is 3.95. The van der Waals surface area contributed by atoms with Gasteiger partial charge >= 0.3 is 6.03 Å². The second kappa shape index (κ2) is 8.08. The summed E-state index contributed by atoms with van der Waals surface area (Å²) < 4.78 is 5.71. The highest BCUT2D eigenvalue weighted by molar-refractivity contribution is 6.00. The molecule has 3 aliphatic rings. The number of ether oxygens (including phenoxy) is 1. The van der Waals surface area contributed by atoms with Gasteiger partial charge in [-0.15, -0.1) is 0 Å². The summed E-state index contributed by atoms with van der Waals surface area (Å²) in [4.78, 5) is 42.9. The Labute approximate surface area is 164 Å². The van der Waals surface area contributed by atoms with Gasteiger partial charge in [0.25, 0.3) is 5.91 Å². The normalized spacial score (nSPS) is 22.2. The molecule has 0 bridgehead atoms. The zero-order chi connectivity index (χ0) is 19.5. The zero-order valence-electron chi connectivity index (χ0n) is 15.9. The molecular weight excluding hydrogens is 360 g/mol. The van der Waals surface area contributed by atoms with Crippen LogP contribution in [0, 0.1) is 0 Å². The lowest BCUT2D eigenvalue weighted by Gasteiger charge is -2.39. The van der Waals surface area contributed by atoms with E-state index in [1.54, 1.807) is 17.0 Å². The number of urea groups is 1. The molecule has 0 aliphatic carbocycles. The Kier molecular flexibility index (Phi) is 5.36. The highest BCUT2D eigenvalue weighted by Crippen LogP contribution is 2.29. The summed E-state index contributed by atoms with van der Waals surface area (Å²) in [5, 5.41) is 2.78. The summed E-state index contributed by atoms with van der Waals surface area (Å²) in [5.41, 5.74) is 0.626. The molecule has 3 heterocycles. The SMILES string of the molecule is O=C1Nc2ccccc2OC1CC(=O)N1CCN(C(=O)N2CCCCC2)CC1. The van der Waals surface area contributed by atoms with E-state index in [0.717, 1.165) is 25.9 Å². The predicted molar refractivity (Wildman–Crippen MR) is 103 cm³/mol. The van der Waals surface area contributed by atoms with Crippen LogP contribution in [0.2, 0.25) is 0 Å². The van der Waals surface area contributed by atoms with Crippen LogP contribution in [0.3, 0.4) is 0 Å². The van der Waals surface area contributed by atoms with E-state index in [4.69, 9.17) is 4.74 Å². The molecule has 8 heteroatoms. The molecule has 3 aliphatic heterocycles. The molecule has 2 fully saturated rings. The molecule has 1 unspecified atom stereocenters. The Morgan fingerprint density at radius 2 is 1.57 bits per heavy atom. The van der Waals surface area contributed by atoms with Gasteiger partial charge in [0.1, 0.15) is 5.75 Å². The van der Waals surface area contributed by atoms with Crippen molar-refractivity contribution in [1.29, 1.82) is 0 Å². The third-order valence-electron chi connectivity index (χ3n) is 5.60. The van der Waals surface area contributed by atoms with Crippen molar-refractivity contribution in [2.45, 2.75) is 31.8 Å². The molecule has 1 atom stereocenters. The van der Waals surface area contributed by atoms with Gasteiger partial charge in [-0.2, -0.15) is 0 Å². The zero-order valence-corrected chi connectivity index (χ0v) is 15.9. The number of benzene rings is 1. The van der Waals surface area contributed by atoms with E-state index in [-0.39, 0.29) is 24.3 Å². The number of hydrogen-bond donors (Lipinski definition) is 1. The van der Waals surface area contributed by atoms with E-state index in [9.17, 15) is 14.4 Å². The van der Waals surface area contributed by atoms with Crippen molar-refractivity contribution < 1.29 is 19.1 Å². The van der Waals surface area contributed by atoms with Gasteiger partial charge in [0, 0.05) is 39.3 Å². The number of nitrogens with zero attached hydrogens (tertiary/aromatic N) is 3. The number of amides is 4. The summed E-state index contributed by atoms with van der Waals surface area (Å²) in [6.45, 7) is 3.69. The Morgan fingerprint density at radius 3 is 2.32 bits per heavy atom. The highest BCUT2D eigenvalue weighted by Gasteiger charge is 2.33. The number of rotatable bonds is 2. The summed E-state index contributed by atoms with van der Waals surface area (Å²) in [7, 11) is 0. The molecule has 0 saturated carbocycles. The number of nitrogens with one attached hydrogen (secondary N) is 1. The van der Waals surface area contributed by atoms with Gasteiger partial charge in [0.2, 0.25) is 5.91 Å². The number of carbonyl (C=O) groups excluding carboxylic acids is 3. The number of likely N-dealkylation sites (tertiary alicyclic amines) is 1.